The van der Waals surface area contributed by atoms with Gasteiger partial charge in [0.2, 0.25) is 0 Å². The van der Waals surface area contributed by atoms with Crippen molar-refractivity contribution in [2.75, 3.05) is 0 Å². The van der Waals surface area contributed by atoms with Crippen LogP contribution in [0.1, 0.15) is 141 Å². The molecule has 0 N–H and O–H groups in total. The topological polar surface area (TPSA) is 0 Å². The molecule has 5 fully saturated rings. The molecule has 232 valence electrons. The maximum absolute atomic E-state index is 3.53. The number of rotatable bonds is 1. The first kappa shape index (κ1) is 32.6. The van der Waals surface area contributed by atoms with Crippen LogP contribution in [0, 0.1) is 41.2 Å². The van der Waals surface area contributed by atoms with Crippen LogP contribution in [0.5, 0.6) is 0 Å². The Kier molecular flexibility index (Phi) is 9.41. The normalized spacial score (nSPS) is 29.8. The Morgan fingerprint density at radius 1 is 0.773 bits per heavy atom. The number of allylic oxidation sites excluding steroid dienone is 4. The van der Waals surface area contributed by atoms with Crippen molar-refractivity contribution in [1.82, 2.24) is 0 Å². The zero-order chi connectivity index (χ0) is 31.3. The Morgan fingerprint density at radius 2 is 1.36 bits per heavy atom. The summed E-state index contributed by atoms with van der Waals surface area (Å²) in [5.74, 6) is 3.77. The zero-order valence-electron chi connectivity index (χ0n) is 28.8. The molecule has 2 aromatic rings. The van der Waals surface area contributed by atoms with E-state index in [-0.39, 0.29) is 10.8 Å². The molecule has 0 spiro atoms. The summed E-state index contributed by atoms with van der Waals surface area (Å²) in [5.41, 5.74) is 11.0. The first-order valence-corrected chi connectivity index (χ1v) is 19.1. The van der Waals surface area contributed by atoms with Crippen LogP contribution in [0.2, 0.25) is 0 Å². The predicted octanol–water partition coefficient (Wildman–Crippen LogP) is 11.5. The predicted molar refractivity (Wildman–Crippen MR) is 185 cm³/mol. The maximum atomic E-state index is 3.53. The minimum atomic E-state index is 0.177. The number of benzene rings is 2. The minimum absolute atomic E-state index is 0.177. The van der Waals surface area contributed by atoms with E-state index in [2.05, 4.69) is 103 Å². The van der Waals surface area contributed by atoms with Gasteiger partial charge in [0.05, 0.1) is 0 Å². The van der Waals surface area contributed by atoms with Crippen molar-refractivity contribution in [2.24, 2.45) is 29.1 Å². The van der Waals surface area contributed by atoms with Crippen LogP contribution in [0.4, 0.5) is 0 Å². The summed E-state index contributed by atoms with van der Waals surface area (Å²) >= 11 is 1.69. The van der Waals surface area contributed by atoms with Crippen LogP contribution in [0.25, 0.3) is 11.1 Å². The Bertz CT molecular complexity index is 1330. The van der Waals surface area contributed by atoms with Gasteiger partial charge >= 0.3 is 59.5 Å². The summed E-state index contributed by atoms with van der Waals surface area (Å²) in [5, 5.41) is 0. The average Bonchev–Trinajstić information content (AvgIpc) is 3.56. The van der Waals surface area contributed by atoms with Gasteiger partial charge in [0, 0.05) is 0 Å². The third-order valence-corrected chi connectivity index (χ3v) is 12.8. The molecule has 7 aliphatic carbocycles. The van der Waals surface area contributed by atoms with E-state index >= 15 is 0 Å². The molecule has 0 aromatic heterocycles. The van der Waals surface area contributed by atoms with E-state index in [1.165, 1.54) is 84.7 Å². The Hall–Kier alpha value is -1.33. The zero-order valence-corrected chi connectivity index (χ0v) is 31.3. The summed E-state index contributed by atoms with van der Waals surface area (Å²) in [6.45, 7) is 15.9. The quantitative estimate of drug-likeness (QED) is 0.227. The van der Waals surface area contributed by atoms with Crippen molar-refractivity contribution in [3.8, 4) is 11.1 Å². The molecule has 0 nitrogen and oxygen atoms in total. The molecule has 0 heterocycles. The SMILES string of the molecule is CC(C)(C)c1c[c-]c2c(c1)-c1cc(C(C)(C)C)ccc1C2.CC1[C-]=CC(C23CC4CC(CC(C4)C2)C3)=C1.[Zr+2]=[C]1CCCCC1. The van der Waals surface area contributed by atoms with E-state index in [0.717, 1.165) is 24.2 Å². The molecule has 1 atom stereocenters. The number of hydrogen-bond acceptors (Lipinski definition) is 0. The van der Waals surface area contributed by atoms with Gasteiger partial charge in [0.1, 0.15) is 0 Å². The van der Waals surface area contributed by atoms with Crippen LogP contribution in [0.15, 0.2) is 48.1 Å². The van der Waals surface area contributed by atoms with Gasteiger partial charge in [-0.25, -0.2) is 6.08 Å². The van der Waals surface area contributed by atoms with E-state index in [1.807, 2.05) is 0 Å². The molecular weight excluding hydrogens is 608 g/mol. The molecule has 2 aromatic carbocycles. The van der Waals surface area contributed by atoms with Crippen LogP contribution < -0.4 is 0 Å². The molecular formula is C43H56Zr. The van der Waals surface area contributed by atoms with Gasteiger partial charge < -0.3 is 0 Å². The summed E-state index contributed by atoms with van der Waals surface area (Å²) in [4.78, 5) is 0. The first-order valence-electron chi connectivity index (χ1n) is 17.9. The summed E-state index contributed by atoms with van der Waals surface area (Å²) < 4.78 is 1.80. The molecule has 7 aliphatic rings. The second kappa shape index (κ2) is 12.7. The summed E-state index contributed by atoms with van der Waals surface area (Å²) in [6, 6.07) is 15.1. The van der Waals surface area contributed by atoms with Gasteiger partial charge in [0.15, 0.2) is 0 Å². The fourth-order valence-electron chi connectivity index (χ4n) is 9.34. The van der Waals surface area contributed by atoms with Gasteiger partial charge in [-0.05, 0) is 54.4 Å². The van der Waals surface area contributed by atoms with Crippen LogP contribution in [-0.2, 0) is 41.5 Å². The van der Waals surface area contributed by atoms with Crippen LogP contribution in [0.3, 0.4) is 0 Å². The molecule has 0 amide bonds. The van der Waals surface area contributed by atoms with E-state index in [1.54, 1.807) is 52.3 Å². The second-order valence-electron chi connectivity index (χ2n) is 17.4. The third-order valence-electron chi connectivity index (χ3n) is 11.6. The van der Waals surface area contributed by atoms with E-state index in [4.69, 9.17) is 0 Å². The Balaban J connectivity index is 0.000000131. The summed E-state index contributed by atoms with van der Waals surface area (Å²) in [7, 11) is 0. The second-order valence-corrected chi connectivity index (χ2v) is 19.2. The van der Waals surface area contributed by atoms with E-state index in [0.29, 0.717) is 11.3 Å². The van der Waals surface area contributed by atoms with Gasteiger partial charge in [-0.3, -0.25) is 6.08 Å². The third kappa shape index (κ3) is 7.14. The van der Waals surface area contributed by atoms with E-state index in [9.17, 15) is 0 Å². The van der Waals surface area contributed by atoms with Crippen LogP contribution >= 0.6 is 0 Å². The molecule has 0 aliphatic heterocycles. The fourth-order valence-corrected chi connectivity index (χ4v) is 10.2. The first-order chi connectivity index (χ1) is 20.8. The molecule has 0 saturated heterocycles. The van der Waals surface area contributed by atoms with E-state index < -0.39 is 0 Å². The van der Waals surface area contributed by atoms with Crippen LogP contribution in [-0.4, -0.2) is 3.21 Å². The molecule has 44 heavy (non-hydrogen) atoms. The van der Waals surface area contributed by atoms with Gasteiger partial charge in [-0.15, -0.1) is 5.56 Å². The number of hydrogen-bond donors (Lipinski definition) is 0. The van der Waals surface area contributed by atoms with Gasteiger partial charge in [-0.2, -0.15) is 41.0 Å². The average molecular weight is 664 g/mol. The van der Waals surface area contributed by atoms with Crippen molar-refractivity contribution in [2.45, 2.75) is 136 Å². The molecule has 1 heteroatoms. The van der Waals surface area contributed by atoms with Crippen molar-refractivity contribution in [3.05, 3.63) is 82.5 Å². The van der Waals surface area contributed by atoms with Crippen molar-refractivity contribution in [1.29, 1.82) is 0 Å². The van der Waals surface area contributed by atoms with Gasteiger partial charge in [0.25, 0.3) is 0 Å². The monoisotopic (exact) mass is 662 g/mol. The molecule has 9 rings (SSSR count). The Morgan fingerprint density at radius 3 is 1.86 bits per heavy atom. The number of fused-ring (bicyclic) bond motifs is 3. The summed E-state index contributed by atoms with van der Waals surface area (Å²) in [6.07, 6.45) is 25.8. The van der Waals surface area contributed by atoms with Gasteiger partial charge in [-0.1, -0.05) is 114 Å². The molecule has 5 saturated carbocycles. The fraction of sp³-hybridized carbons (Fsp3) is 0.605. The Labute approximate surface area is 284 Å². The molecule has 0 radical (unpaired) electrons. The van der Waals surface area contributed by atoms with Crippen molar-refractivity contribution in [3.63, 3.8) is 0 Å². The van der Waals surface area contributed by atoms with Crippen molar-refractivity contribution < 1.29 is 24.2 Å². The standard InChI is InChI=1S/C21H25.C16H21.C6H10.Zr/c1-20(2,3)16-9-7-14-11-15-8-10-17(21(4,5)6)13-19(15)18(14)12-16;1-11-2-3-15(4-11)16-8-12-5-13(9-16)7-14(6-12)10-16;1-2-4-6-5-3-1;/h7,9-10,12-13H,11H2,1-6H3;3-4,11-14H,5-10H2,1H3;1-5H2;/q2*-1;;+2. The van der Waals surface area contributed by atoms with Crippen molar-refractivity contribution >= 4 is 3.21 Å². The molecule has 1 unspecified atom stereocenters. The molecule has 4 bridgehead atoms.